The molecule has 25 heavy (non-hydrogen) atoms. The van der Waals surface area contributed by atoms with Crippen LogP contribution in [0.4, 0.5) is 0 Å². The van der Waals surface area contributed by atoms with E-state index in [4.69, 9.17) is 4.42 Å². The molecule has 2 aromatic rings. The van der Waals surface area contributed by atoms with E-state index in [9.17, 15) is 9.59 Å². The van der Waals surface area contributed by atoms with Gasteiger partial charge in [0.1, 0.15) is 5.76 Å². The number of hydrogen-bond acceptors (Lipinski definition) is 4. The van der Waals surface area contributed by atoms with Gasteiger partial charge in [0.2, 0.25) is 17.7 Å². The summed E-state index contributed by atoms with van der Waals surface area (Å²) in [7, 11) is 0. The molecule has 0 unspecified atom stereocenters. The molecule has 0 radical (unpaired) electrons. The summed E-state index contributed by atoms with van der Waals surface area (Å²) >= 11 is 0. The maximum Gasteiger partial charge on any atom is 0.228 e. The van der Waals surface area contributed by atoms with Crippen molar-refractivity contribution in [1.29, 1.82) is 0 Å². The Morgan fingerprint density at radius 1 is 1.08 bits per heavy atom. The fourth-order valence-corrected chi connectivity index (χ4v) is 3.03. The molecule has 0 bridgehead atoms. The number of rotatable bonds is 3. The van der Waals surface area contributed by atoms with Crippen molar-refractivity contribution in [2.24, 2.45) is 0 Å². The van der Waals surface area contributed by atoms with Gasteiger partial charge in [0, 0.05) is 38.7 Å². The van der Waals surface area contributed by atoms with Gasteiger partial charge in [-0.15, -0.1) is 0 Å². The zero-order chi connectivity index (χ0) is 17.8. The van der Waals surface area contributed by atoms with E-state index < -0.39 is 0 Å². The fraction of sp³-hybridized carbons (Fsp3) is 0.421. The molecular formula is C19H23N3O3. The Bertz CT molecular complexity index is 755. The number of aryl methyl sites for hydroxylation is 1. The predicted molar refractivity (Wildman–Crippen MR) is 93.8 cm³/mol. The van der Waals surface area contributed by atoms with E-state index >= 15 is 0 Å². The quantitative estimate of drug-likeness (QED) is 0.859. The topological polar surface area (TPSA) is 66.7 Å². The maximum atomic E-state index is 12.6. The lowest BCUT2D eigenvalue weighted by atomic mass is 10.2. The Morgan fingerprint density at radius 3 is 2.48 bits per heavy atom. The Balaban J connectivity index is 1.67. The van der Waals surface area contributed by atoms with Gasteiger partial charge < -0.3 is 14.2 Å². The van der Waals surface area contributed by atoms with Crippen LogP contribution in [0.15, 0.2) is 34.7 Å². The van der Waals surface area contributed by atoms with Gasteiger partial charge in [-0.25, -0.2) is 4.98 Å². The minimum Gasteiger partial charge on any atom is -0.441 e. The number of nitrogens with zero attached hydrogens (tertiary/aromatic N) is 3. The molecule has 0 N–H and O–H groups in total. The van der Waals surface area contributed by atoms with Gasteiger partial charge in [0.15, 0.2) is 0 Å². The highest BCUT2D eigenvalue weighted by Crippen LogP contribution is 2.22. The third-order valence-electron chi connectivity index (χ3n) is 4.53. The Morgan fingerprint density at radius 2 is 1.76 bits per heavy atom. The van der Waals surface area contributed by atoms with E-state index in [-0.39, 0.29) is 18.2 Å². The van der Waals surface area contributed by atoms with Gasteiger partial charge in [-0.2, -0.15) is 0 Å². The average Bonchev–Trinajstić information content (AvgIpc) is 2.83. The van der Waals surface area contributed by atoms with Crippen molar-refractivity contribution in [1.82, 2.24) is 14.8 Å². The molecule has 1 aromatic heterocycles. The van der Waals surface area contributed by atoms with Crippen LogP contribution in [0.25, 0.3) is 11.5 Å². The van der Waals surface area contributed by atoms with Crippen molar-refractivity contribution >= 4 is 11.8 Å². The van der Waals surface area contributed by atoms with Gasteiger partial charge >= 0.3 is 0 Å². The molecule has 1 aliphatic rings. The second-order valence-electron chi connectivity index (χ2n) is 6.31. The van der Waals surface area contributed by atoms with Crippen LogP contribution >= 0.6 is 0 Å². The van der Waals surface area contributed by atoms with Crippen LogP contribution in [0.2, 0.25) is 0 Å². The molecule has 2 amide bonds. The van der Waals surface area contributed by atoms with Crippen LogP contribution in [0.5, 0.6) is 0 Å². The normalized spacial score (nSPS) is 15.1. The molecule has 2 heterocycles. The van der Waals surface area contributed by atoms with Crippen molar-refractivity contribution in [2.45, 2.75) is 26.7 Å². The van der Waals surface area contributed by atoms with Gasteiger partial charge in [0.05, 0.1) is 12.1 Å². The van der Waals surface area contributed by atoms with Crippen LogP contribution in [0.3, 0.4) is 0 Å². The SMILES string of the molecule is CC(=O)N1CCCN(C(=O)Cc2nc(-c3ccccc3)oc2C)CC1. The summed E-state index contributed by atoms with van der Waals surface area (Å²) in [6, 6.07) is 9.66. The van der Waals surface area contributed by atoms with Crippen molar-refractivity contribution < 1.29 is 14.0 Å². The lowest BCUT2D eigenvalue weighted by Gasteiger charge is -2.21. The summed E-state index contributed by atoms with van der Waals surface area (Å²) in [6.45, 7) is 5.95. The van der Waals surface area contributed by atoms with Crippen LogP contribution in [0, 0.1) is 6.92 Å². The fourth-order valence-electron chi connectivity index (χ4n) is 3.03. The van der Waals surface area contributed by atoms with E-state index in [1.165, 1.54) is 0 Å². The van der Waals surface area contributed by atoms with E-state index in [2.05, 4.69) is 4.98 Å². The van der Waals surface area contributed by atoms with E-state index in [0.29, 0.717) is 43.5 Å². The predicted octanol–water partition coefficient (Wildman–Crippen LogP) is 2.27. The van der Waals surface area contributed by atoms with E-state index in [1.54, 1.807) is 11.8 Å². The van der Waals surface area contributed by atoms with Gasteiger partial charge in [-0.05, 0) is 25.5 Å². The smallest absolute Gasteiger partial charge is 0.228 e. The molecule has 0 aliphatic carbocycles. The molecule has 1 aliphatic heterocycles. The van der Waals surface area contributed by atoms with Gasteiger partial charge in [-0.3, -0.25) is 9.59 Å². The summed E-state index contributed by atoms with van der Waals surface area (Å²) in [5, 5.41) is 0. The molecule has 0 saturated carbocycles. The van der Waals surface area contributed by atoms with Crippen molar-refractivity contribution in [3.05, 3.63) is 41.8 Å². The van der Waals surface area contributed by atoms with Crippen LogP contribution in [-0.2, 0) is 16.0 Å². The lowest BCUT2D eigenvalue weighted by Crippen LogP contribution is -2.37. The molecular weight excluding hydrogens is 318 g/mol. The highest BCUT2D eigenvalue weighted by molar-refractivity contribution is 5.79. The number of aromatic nitrogens is 1. The zero-order valence-electron chi connectivity index (χ0n) is 14.7. The second-order valence-corrected chi connectivity index (χ2v) is 6.31. The Kier molecular flexibility index (Phi) is 5.16. The third kappa shape index (κ3) is 4.07. The summed E-state index contributed by atoms with van der Waals surface area (Å²) in [5.74, 6) is 1.31. The van der Waals surface area contributed by atoms with Crippen molar-refractivity contribution in [2.75, 3.05) is 26.2 Å². The third-order valence-corrected chi connectivity index (χ3v) is 4.53. The summed E-state index contributed by atoms with van der Waals surface area (Å²) < 4.78 is 5.73. The number of amides is 2. The largest absolute Gasteiger partial charge is 0.441 e. The van der Waals surface area contributed by atoms with Crippen molar-refractivity contribution in [3.8, 4) is 11.5 Å². The number of carbonyl (C=O) groups is 2. The first-order valence-corrected chi connectivity index (χ1v) is 8.59. The van der Waals surface area contributed by atoms with Gasteiger partial charge in [0.25, 0.3) is 0 Å². The van der Waals surface area contributed by atoms with Crippen molar-refractivity contribution in [3.63, 3.8) is 0 Å². The number of oxazole rings is 1. The standard InChI is InChI=1S/C19H23N3O3/c1-14-17(20-19(25-14)16-7-4-3-5-8-16)13-18(24)22-10-6-9-21(11-12-22)15(2)23/h3-5,7-8H,6,9-13H2,1-2H3. The molecule has 1 fully saturated rings. The summed E-state index contributed by atoms with van der Waals surface area (Å²) in [6.07, 6.45) is 1.03. The zero-order valence-corrected chi connectivity index (χ0v) is 14.7. The molecule has 6 nitrogen and oxygen atoms in total. The Labute approximate surface area is 147 Å². The molecule has 132 valence electrons. The first kappa shape index (κ1) is 17.2. The summed E-state index contributed by atoms with van der Waals surface area (Å²) in [5.41, 5.74) is 1.58. The average molecular weight is 341 g/mol. The highest BCUT2D eigenvalue weighted by Gasteiger charge is 2.22. The molecule has 6 heteroatoms. The number of hydrogen-bond donors (Lipinski definition) is 0. The lowest BCUT2D eigenvalue weighted by molar-refractivity contribution is -0.132. The minimum absolute atomic E-state index is 0.0291. The van der Waals surface area contributed by atoms with Crippen LogP contribution < -0.4 is 0 Å². The molecule has 0 atom stereocenters. The Hall–Kier alpha value is -2.63. The van der Waals surface area contributed by atoms with E-state index in [0.717, 1.165) is 12.0 Å². The van der Waals surface area contributed by atoms with E-state index in [1.807, 2.05) is 42.2 Å². The first-order valence-electron chi connectivity index (χ1n) is 8.59. The molecule has 1 aromatic carbocycles. The first-order chi connectivity index (χ1) is 12.0. The maximum absolute atomic E-state index is 12.6. The van der Waals surface area contributed by atoms with Crippen LogP contribution in [0.1, 0.15) is 24.8 Å². The molecule has 1 saturated heterocycles. The van der Waals surface area contributed by atoms with Gasteiger partial charge in [-0.1, -0.05) is 18.2 Å². The monoisotopic (exact) mass is 341 g/mol. The molecule has 3 rings (SSSR count). The second kappa shape index (κ2) is 7.51. The minimum atomic E-state index is 0.0291. The highest BCUT2D eigenvalue weighted by atomic mass is 16.4. The summed E-state index contributed by atoms with van der Waals surface area (Å²) in [4.78, 5) is 32.3. The molecule has 0 spiro atoms. The number of carbonyl (C=O) groups excluding carboxylic acids is 2. The number of benzene rings is 1. The van der Waals surface area contributed by atoms with Crippen LogP contribution in [-0.4, -0.2) is 52.8 Å².